The van der Waals surface area contributed by atoms with E-state index in [2.05, 4.69) is 46.4 Å². The Balaban J connectivity index is 2.14. The zero-order valence-corrected chi connectivity index (χ0v) is 12.9. The van der Waals surface area contributed by atoms with Crippen molar-refractivity contribution in [1.82, 2.24) is 15.0 Å². The summed E-state index contributed by atoms with van der Waals surface area (Å²) in [5.41, 5.74) is 0.997. The van der Waals surface area contributed by atoms with Gasteiger partial charge in [-0.3, -0.25) is 4.98 Å². The van der Waals surface area contributed by atoms with Gasteiger partial charge in [-0.15, -0.1) is 0 Å². The Kier molecular flexibility index (Phi) is 5.49. The molecule has 0 spiro atoms. The standard InChI is InChI=1S/C16H23N5/c1-4-9-18-15-11-16(21-14(5-2)20-15)19-12(3)13-8-6-7-10-17-13/h6-8,10-12H,4-5,9H2,1-3H3,(H2,18,19,20,21). The van der Waals surface area contributed by atoms with E-state index in [1.807, 2.05) is 24.3 Å². The lowest BCUT2D eigenvalue weighted by Gasteiger charge is -2.15. The average molecular weight is 285 g/mol. The van der Waals surface area contributed by atoms with E-state index < -0.39 is 0 Å². The molecule has 0 bridgehead atoms. The molecule has 5 heteroatoms. The zero-order valence-electron chi connectivity index (χ0n) is 12.9. The molecule has 2 aromatic heterocycles. The number of nitrogens with zero attached hydrogens (tertiary/aromatic N) is 3. The Labute approximate surface area is 126 Å². The van der Waals surface area contributed by atoms with Crippen molar-refractivity contribution in [3.05, 3.63) is 42.0 Å². The Hall–Kier alpha value is -2.17. The number of hydrogen-bond acceptors (Lipinski definition) is 5. The normalized spacial score (nSPS) is 12.0. The second kappa shape index (κ2) is 7.57. The van der Waals surface area contributed by atoms with Crippen molar-refractivity contribution < 1.29 is 0 Å². The van der Waals surface area contributed by atoms with Crippen molar-refractivity contribution in [2.75, 3.05) is 17.2 Å². The number of pyridine rings is 1. The number of hydrogen-bond donors (Lipinski definition) is 2. The topological polar surface area (TPSA) is 62.7 Å². The van der Waals surface area contributed by atoms with Gasteiger partial charge < -0.3 is 10.6 Å². The van der Waals surface area contributed by atoms with Crippen LogP contribution in [0.15, 0.2) is 30.5 Å². The molecule has 0 fully saturated rings. The first-order valence-electron chi connectivity index (χ1n) is 7.52. The molecule has 0 aliphatic carbocycles. The highest BCUT2D eigenvalue weighted by Gasteiger charge is 2.09. The van der Waals surface area contributed by atoms with Gasteiger partial charge in [-0.25, -0.2) is 9.97 Å². The van der Waals surface area contributed by atoms with E-state index in [1.54, 1.807) is 6.20 Å². The van der Waals surface area contributed by atoms with Crippen molar-refractivity contribution in [2.45, 2.75) is 39.7 Å². The van der Waals surface area contributed by atoms with Gasteiger partial charge in [-0.2, -0.15) is 0 Å². The van der Waals surface area contributed by atoms with Crippen molar-refractivity contribution in [1.29, 1.82) is 0 Å². The summed E-state index contributed by atoms with van der Waals surface area (Å²) in [7, 11) is 0. The van der Waals surface area contributed by atoms with E-state index >= 15 is 0 Å². The van der Waals surface area contributed by atoms with E-state index in [-0.39, 0.29) is 6.04 Å². The smallest absolute Gasteiger partial charge is 0.132 e. The summed E-state index contributed by atoms with van der Waals surface area (Å²) in [4.78, 5) is 13.4. The molecule has 0 saturated heterocycles. The molecule has 2 rings (SSSR count). The fourth-order valence-corrected chi connectivity index (χ4v) is 2.00. The van der Waals surface area contributed by atoms with Crippen molar-refractivity contribution in [2.24, 2.45) is 0 Å². The Bertz CT molecular complexity index is 556. The molecule has 0 aliphatic heterocycles. The molecule has 1 atom stereocenters. The second-order valence-electron chi connectivity index (χ2n) is 4.96. The molecule has 2 heterocycles. The average Bonchev–Trinajstić information content (AvgIpc) is 2.53. The third kappa shape index (κ3) is 4.41. The van der Waals surface area contributed by atoms with Gasteiger partial charge in [0.1, 0.15) is 17.5 Å². The summed E-state index contributed by atoms with van der Waals surface area (Å²) in [6.45, 7) is 7.19. The van der Waals surface area contributed by atoms with Crippen LogP contribution >= 0.6 is 0 Å². The van der Waals surface area contributed by atoms with Crippen molar-refractivity contribution >= 4 is 11.6 Å². The molecular weight excluding hydrogens is 262 g/mol. The maximum atomic E-state index is 4.54. The summed E-state index contributed by atoms with van der Waals surface area (Å²) < 4.78 is 0. The summed E-state index contributed by atoms with van der Waals surface area (Å²) >= 11 is 0. The maximum Gasteiger partial charge on any atom is 0.132 e. The van der Waals surface area contributed by atoms with Gasteiger partial charge in [-0.1, -0.05) is 19.9 Å². The van der Waals surface area contributed by atoms with Crippen LogP contribution in [-0.4, -0.2) is 21.5 Å². The quantitative estimate of drug-likeness (QED) is 0.816. The van der Waals surface area contributed by atoms with Crippen LogP contribution in [-0.2, 0) is 6.42 Å². The van der Waals surface area contributed by atoms with Gasteiger partial charge in [0.2, 0.25) is 0 Å². The lowest BCUT2D eigenvalue weighted by Crippen LogP contribution is -2.12. The van der Waals surface area contributed by atoms with Crippen LogP contribution in [0.2, 0.25) is 0 Å². The molecule has 2 aromatic rings. The van der Waals surface area contributed by atoms with Crippen LogP contribution in [0.1, 0.15) is 44.8 Å². The fraction of sp³-hybridized carbons (Fsp3) is 0.438. The number of anilines is 2. The monoisotopic (exact) mass is 285 g/mol. The maximum absolute atomic E-state index is 4.54. The molecular formula is C16H23N5. The highest BCUT2D eigenvalue weighted by molar-refractivity contribution is 5.48. The van der Waals surface area contributed by atoms with Gasteiger partial charge in [0.25, 0.3) is 0 Å². The summed E-state index contributed by atoms with van der Waals surface area (Å²) in [5.74, 6) is 2.55. The first kappa shape index (κ1) is 15.2. The SMILES string of the molecule is CCCNc1cc(NC(C)c2ccccn2)nc(CC)n1. The lowest BCUT2D eigenvalue weighted by atomic mass is 10.2. The fourth-order valence-electron chi connectivity index (χ4n) is 2.00. The van der Waals surface area contributed by atoms with Gasteiger partial charge in [-0.05, 0) is 25.5 Å². The molecule has 5 nitrogen and oxygen atoms in total. The van der Waals surface area contributed by atoms with E-state index in [1.165, 1.54) is 0 Å². The minimum Gasteiger partial charge on any atom is -0.370 e. The molecule has 21 heavy (non-hydrogen) atoms. The number of aromatic nitrogens is 3. The van der Waals surface area contributed by atoms with Crippen LogP contribution in [0.3, 0.4) is 0 Å². The first-order valence-corrected chi connectivity index (χ1v) is 7.52. The van der Waals surface area contributed by atoms with Gasteiger partial charge in [0, 0.05) is 25.2 Å². The Morgan fingerprint density at radius 2 is 1.95 bits per heavy atom. The molecule has 0 saturated carbocycles. The van der Waals surface area contributed by atoms with Crippen LogP contribution in [0.25, 0.3) is 0 Å². The summed E-state index contributed by atoms with van der Waals surface area (Å²) in [6.07, 6.45) is 3.69. The van der Waals surface area contributed by atoms with E-state index in [4.69, 9.17) is 0 Å². The molecule has 0 amide bonds. The number of aryl methyl sites for hydroxylation is 1. The minimum atomic E-state index is 0.102. The van der Waals surface area contributed by atoms with Gasteiger partial charge in [0.05, 0.1) is 11.7 Å². The summed E-state index contributed by atoms with van der Waals surface area (Å²) in [5, 5.41) is 6.71. The minimum absolute atomic E-state index is 0.102. The molecule has 2 N–H and O–H groups in total. The summed E-state index contributed by atoms with van der Waals surface area (Å²) in [6, 6.07) is 7.98. The van der Waals surface area contributed by atoms with Gasteiger partial charge in [0.15, 0.2) is 0 Å². The highest BCUT2D eigenvalue weighted by atomic mass is 15.1. The largest absolute Gasteiger partial charge is 0.370 e. The Morgan fingerprint density at radius 3 is 2.62 bits per heavy atom. The highest BCUT2D eigenvalue weighted by Crippen LogP contribution is 2.18. The molecule has 112 valence electrons. The first-order chi connectivity index (χ1) is 10.2. The van der Waals surface area contributed by atoms with Crippen molar-refractivity contribution in [3.63, 3.8) is 0 Å². The predicted molar refractivity (Wildman–Crippen MR) is 86.5 cm³/mol. The molecule has 0 aromatic carbocycles. The number of rotatable bonds is 7. The molecule has 1 unspecified atom stereocenters. The van der Waals surface area contributed by atoms with Gasteiger partial charge >= 0.3 is 0 Å². The van der Waals surface area contributed by atoms with E-state index in [9.17, 15) is 0 Å². The molecule has 0 aliphatic rings. The third-order valence-electron chi connectivity index (χ3n) is 3.14. The van der Waals surface area contributed by atoms with Crippen LogP contribution in [0, 0.1) is 0 Å². The van der Waals surface area contributed by atoms with Crippen molar-refractivity contribution in [3.8, 4) is 0 Å². The number of nitrogens with one attached hydrogen (secondary N) is 2. The molecule has 0 radical (unpaired) electrons. The second-order valence-corrected chi connectivity index (χ2v) is 4.96. The third-order valence-corrected chi connectivity index (χ3v) is 3.14. The lowest BCUT2D eigenvalue weighted by molar-refractivity contribution is 0.822. The van der Waals surface area contributed by atoms with Crippen LogP contribution in [0.4, 0.5) is 11.6 Å². The predicted octanol–water partition coefficient (Wildman–Crippen LogP) is 3.43. The Morgan fingerprint density at radius 1 is 1.14 bits per heavy atom. The van der Waals surface area contributed by atoms with E-state index in [0.29, 0.717) is 0 Å². The van der Waals surface area contributed by atoms with Crippen LogP contribution < -0.4 is 10.6 Å². The zero-order chi connectivity index (χ0) is 15.1. The van der Waals surface area contributed by atoms with Crippen LogP contribution in [0.5, 0.6) is 0 Å². The van der Waals surface area contributed by atoms with E-state index in [0.717, 1.165) is 42.5 Å².